The Bertz CT molecular complexity index is 2350. The number of fused-ring (bicyclic) bond motifs is 1. The number of hydrogen-bond donors (Lipinski definition) is 6. The molecule has 0 unspecified atom stereocenters. The van der Waals surface area contributed by atoms with Crippen molar-refractivity contribution >= 4 is 46.6 Å². The van der Waals surface area contributed by atoms with Crippen LogP contribution in [0, 0.1) is 18.8 Å². The maximum atomic E-state index is 14.1. The molecular weight excluding hydrogens is 846 g/mol. The van der Waals surface area contributed by atoms with E-state index < -0.39 is 53.6 Å². The van der Waals surface area contributed by atoms with E-state index in [0.29, 0.717) is 69.3 Å². The van der Waals surface area contributed by atoms with Gasteiger partial charge in [-0.25, -0.2) is 14.6 Å². The molecule has 64 heavy (non-hydrogen) atoms. The third-order valence-electron chi connectivity index (χ3n) is 11.5. The SMILES string of the molecule is Cc1cc(C(=O)NC2CCN(C(=O)O)CC2)ccc1-c1ccc(C[C@H](NC(=O)C2CCC(CNC(=O)OC(C)(C)C)CC2)C(=O)Nc2ccc3nc(C(F)(F)C(F)(F)F)[nH]c3c2)cc1. The van der Waals surface area contributed by atoms with Gasteiger partial charge in [0.2, 0.25) is 11.8 Å². The second kappa shape index (κ2) is 19.2. The zero-order valence-corrected chi connectivity index (χ0v) is 35.8. The number of rotatable bonds is 12. The van der Waals surface area contributed by atoms with E-state index in [1.165, 1.54) is 23.1 Å². The van der Waals surface area contributed by atoms with E-state index in [2.05, 4.69) is 26.3 Å². The Morgan fingerprint density at radius 3 is 2.17 bits per heavy atom. The molecule has 19 heteroatoms. The minimum absolute atomic E-state index is 0.0325. The lowest BCUT2D eigenvalue weighted by atomic mass is 9.81. The Kier molecular flexibility index (Phi) is 14.2. The maximum Gasteiger partial charge on any atom is 0.461 e. The number of ether oxygens (including phenoxy) is 1. The minimum atomic E-state index is -5.88. The fraction of sp³-hybridized carbons (Fsp3) is 0.467. The lowest BCUT2D eigenvalue weighted by molar-refractivity contribution is -0.292. The molecule has 0 bridgehead atoms. The van der Waals surface area contributed by atoms with Crippen LogP contribution in [-0.2, 0) is 26.7 Å². The summed E-state index contributed by atoms with van der Waals surface area (Å²) in [6.45, 7) is 8.24. The van der Waals surface area contributed by atoms with Gasteiger partial charge in [-0.2, -0.15) is 22.0 Å². The van der Waals surface area contributed by atoms with Gasteiger partial charge in [0.15, 0.2) is 5.82 Å². The van der Waals surface area contributed by atoms with Crippen LogP contribution in [0.3, 0.4) is 0 Å². The highest BCUT2D eigenvalue weighted by atomic mass is 19.4. The lowest BCUT2D eigenvalue weighted by Crippen LogP contribution is -2.48. The smallest absolute Gasteiger partial charge is 0.461 e. The molecule has 6 rings (SSSR count). The van der Waals surface area contributed by atoms with Crippen molar-refractivity contribution in [1.82, 2.24) is 30.8 Å². The van der Waals surface area contributed by atoms with Gasteiger partial charge in [0.05, 0.1) is 11.0 Å². The number of carboxylic acid groups (broad SMARTS) is 1. The molecule has 1 saturated carbocycles. The second-order valence-electron chi connectivity index (χ2n) is 17.5. The average molecular weight is 898 g/mol. The van der Waals surface area contributed by atoms with Gasteiger partial charge in [-0.15, -0.1) is 0 Å². The summed E-state index contributed by atoms with van der Waals surface area (Å²) in [5, 5.41) is 20.5. The third kappa shape index (κ3) is 11.8. The summed E-state index contributed by atoms with van der Waals surface area (Å²) in [6, 6.07) is 15.0. The zero-order chi connectivity index (χ0) is 46.6. The van der Waals surface area contributed by atoms with Gasteiger partial charge in [0, 0.05) is 49.3 Å². The number of aromatic nitrogens is 2. The number of piperidine rings is 1. The van der Waals surface area contributed by atoms with Crippen LogP contribution in [0.25, 0.3) is 22.2 Å². The zero-order valence-electron chi connectivity index (χ0n) is 35.8. The summed E-state index contributed by atoms with van der Waals surface area (Å²) in [4.78, 5) is 70.9. The summed E-state index contributed by atoms with van der Waals surface area (Å²) in [7, 11) is 0. The second-order valence-corrected chi connectivity index (χ2v) is 17.5. The van der Waals surface area contributed by atoms with Crippen LogP contribution in [0.4, 0.5) is 37.2 Å². The van der Waals surface area contributed by atoms with Gasteiger partial charge >= 0.3 is 24.3 Å². The molecule has 0 radical (unpaired) electrons. The number of benzene rings is 3. The normalized spacial score (nSPS) is 17.9. The molecule has 344 valence electrons. The van der Waals surface area contributed by atoms with Crippen molar-refractivity contribution in [3.8, 4) is 11.1 Å². The number of anilines is 1. The largest absolute Gasteiger partial charge is 0.465 e. The van der Waals surface area contributed by atoms with Gasteiger partial charge in [-0.3, -0.25) is 14.4 Å². The minimum Gasteiger partial charge on any atom is -0.465 e. The molecule has 3 aromatic carbocycles. The molecule has 1 aliphatic heterocycles. The van der Waals surface area contributed by atoms with Gasteiger partial charge in [-0.05, 0) is 125 Å². The number of alkyl carbamates (subject to hydrolysis) is 1. The Labute approximate surface area is 366 Å². The average Bonchev–Trinajstić information content (AvgIpc) is 3.67. The Morgan fingerprint density at radius 1 is 0.891 bits per heavy atom. The van der Waals surface area contributed by atoms with Crippen molar-refractivity contribution in [3.63, 3.8) is 0 Å². The van der Waals surface area contributed by atoms with Gasteiger partial charge < -0.3 is 41.0 Å². The number of carbonyl (C=O) groups excluding carboxylic acids is 4. The number of nitrogens with one attached hydrogen (secondary N) is 5. The van der Waals surface area contributed by atoms with Gasteiger partial charge in [-0.1, -0.05) is 30.3 Å². The summed E-state index contributed by atoms with van der Waals surface area (Å²) in [5.74, 6) is -8.42. The Balaban J connectivity index is 1.14. The van der Waals surface area contributed by atoms with Crippen molar-refractivity contribution in [2.24, 2.45) is 11.8 Å². The highest BCUT2D eigenvalue weighted by Crippen LogP contribution is 2.43. The van der Waals surface area contributed by atoms with Crippen molar-refractivity contribution < 1.29 is 55.8 Å². The van der Waals surface area contributed by atoms with E-state index in [-0.39, 0.29) is 46.9 Å². The summed E-state index contributed by atoms with van der Waals surface area (Å²) in [5.41, 5.74) is 2.69. The first-order chi connectivity index (χ1) is 30.1. The number of aromatic amines is 1. The summed E-state index contributed by atoms with van der Waals surface area (Å²) < 4.78 is 72.6. The molecule has 4 aromatic rings. The van der Waals surface area contributed by atoms with Crippen LogP contribution in [-0.4, -0.2) is 93.4 Å². The van der Waals surface area contributed by atoms with Gasteiger partial charge in [0.25, 0.3) is 5.91 Å². The number of hydrogen-bond acceptors (Lipinski definition) is 7. The van der Waals surface area contributed by atoms with Crippen molar-refractivity contribution in [2.75, 3.05) is 25.0 Å². The van der Waals surface area contributed by atoms with Crippen molar-refractivity contribution in [1.29, 1.82) is 0 Å². The maximum absolute atomic E-state index is 14.1. The Morgan fingerprint density at radius 2 is 1.56 bits per heavy atom. The first-order valence-corrected chi connectivity index (χ1v) is 21.1. The predicted octanol–water partition coefficient (Wildman–Crippen LogP) is 8.06. The third-order valence-corrected chi connectivity index (χ3v) is 11.5. The monoisotopic (exact) mass is 897 g/mol. The molecule has 5 amide bonds. The van der Waals surface area contributed by atoms with E-state index in [1.807, 2.05) is 30.1 Å². The van der Waals surface area contributed by atoms with E-state index in [9.17, 15) is 51.0 Å². The van der Waals surface area contributed by atoms with Crippen LogP contribution in [0.15, 0.2) is 60.7 Å². The van der Waals surface area contributed by atoms with E-state index in [4.69, 9.17) is 4.74 Å². The van der Waals surface area contributed by atoms with E-state index in [0.717, 1.165) is 16.7 Å². The Hall–Kier alpha value is -6.27. The number of imidazole rings is 1. The van der Waals surface area contributed by atoms with Crippen molar-refractivity contribution in [2.45, 2.75) is 102 Å². The fourth-order valence-electron chi connectivity index (χ4n) is 7.94. The highest BCUT2D eigenvalue weighted by molar-refractivity contribution is 5.99. The number of H-pyrrole nitrogens is 1. The molecule has 2 fully saturated rings. The van der Waals surface area contributed by atoms with Crippen LogP contribution in [0.1, 0.15) is 86.6 Å². The number of likely N-dealkylation sites (tertiary alicyclic amines) is 1. The molecule has 1 saturated heterocycles. The molecule has 1 atom stereocenters. The standard InChI is InChI=1S/C45H52F5N7O7/c1-25-21-30(38(59)52-31-17-19-57(20-18-31)42(62)63)13-15-33(25)28-9-5-26(6-10-28)22-36(54-37(58)29-11-7-27(8-12-29)24-51-41(61)64-43(2,3)4)39(60)53-32-14-16-34-35(23-32)56-40(55-34)44(46,47)45(48,49)50/h5-6,9-10,13-16,21,23,27,29,31,36H,7-8,11-12,17-20,22,24H2,1-4H3,(H,51,61)(H,52,59)(H,53,60)(H,54,58)(H,55,56)(H,62,63)/t27?,29?,36-/m0/s1. The van der Waals surface area contributed by atoms with Crippen LogP contribution >= 0.6 is 0 Å². The summed E-state index contributed by atoms with van der Waals surface area (Å²) >= 11 is 0. The van der Waals surface area contributed by atoms with Crippen LogP contribution < -0.4 is 21.3 Å². The number of alkyl halides is 5. The highest BCUT2D eigenvalue weighted by Gasteiger charge is 2.61. The number of halogens is 5. The first kappa shape index (κ1) is 47.2. The molecule has 2 aliphatic rings. The topological polar surface area (TPSA) is 195 Å². The molecule has 0 spiro atoms. The number of aryl methyl sites for hydroxylation is 1. The molecule has 14 nitrogen and oxygen atoms in total. The molecule has 1 aliphatic carbocycles. The number of nitrogens with zero attached hydrogens (tertiary/aromatic N) is 2. The van der Waals surface area contributed by atoms with Crippen LogP contribution in [0.2, 0.25) is 0 Å². The summed E-state index contributed by atoms with van der Waals surface area (Å²) in [6.07, 6.45) is -4.03. The molecule has 1 aromatic heterocycles. The number of carbonyl (C=O) groups is 5. The first-order valence-electron chi connectivity index (χ1n) is 21.1. The van der Waals surface area contributed by atoms with E-state index >= 15 is 0 Å². The van der Waals surface area contributed by atoms with Crippen LogP contribution in [0.5, 0.6) is 0 Å². The van der Waals surface area contributed by atoms with Crippen molar-refractivity contribution in [3.05, 3.63) is 83.2 Å². The van der Waals surface area contributed by atoms with E-state index in [1.54, 1.807) is 45.0 Å². The number of amides is 5. The molecular formula is C45H52F5N7O7. The quantitative estimate of drug-likeness (QED) is 0.0769. The predicted molar refractivity (Wildman–Crippen MR) is 227 cm³/mol. The fourth-order valence-corrected chi connectivity index (χ4v) is 7.94. The van der Waals surface area contributed by atoms with Gasteiger partial charge in [0.1, 0.15) is 11.6 Å². The molecule has 6 N–H and O–H groups in total. The lowest BCUT2D eigenvalue weighted by Gasteiger charge is -2.30. The molecule has 2 heterocycles.